The van der Waals surface area contributed by atoms with Crippen LogP contribution in [0.3, 0.4) is 0 Å². The minimum atomic E-state index is 0.821. The van der Waals surface area contributed by atoms with Crippen LogP contribution in [0.2, 0.25) is 0 Å². The topological polar surface area (TPSA) is 130 Å². The summed E-state index contributed by atoms with van der Waals surface area (Å²) in [5.41, 5.74) is 28.1. The monoisotopic (exact) mass is 1620 g/mol. The van der Waals surface area contributed by atoms with E-state index in [1.165, 1.54) is 16.3 Å². The molecule has 590 valence electrons. The van der Waals surface area contributed by atoms with Crippen LogP contribution in [0, 0.1) is 0 Å². The molecule has 127 heavy (non-hydrogen) atoms. The molecule has 27 rings (SSSR count). The van der Waals surface area contributed by atoms with Gasteiger partial charge >= 0.3 is 0 Å². The Bertz CT molecular complexity index is 8940. The zero-order valence-electron chi connectivity index (χ0n) is 68.2. The van der Waals surface area contributed by atoms with E-state index in [9.17, 15) is 0 Å². The summed E-state index contributed by atoms with van der Waals surface area (Å²) in [5.74, 6) is 2.51. The van der Waals surface area contributed by atoms with E-state index < -0.39 is 0 Å². The van der Waals surface area contributed by atoms with Gasteiger partial charge in [0.1, 0.15) is 34.0 Å². The van der Waals surface area contributed by atoms with Crippen molar-refractivity contribution in [2.45, 2.75) is 0 Å². The maximum Gasteiger partial charge on any atom is 0.145 e. The Morgan fingerprint density at radius 3 is 1.04 bits per heavy atom. The molecule has 6 aliphatic heterocycles. The van der Waals surface area contributed by atoms with Gasteiger partial charge in [-0.05, 0) is 181 Å². The Balaban J connectivity index is 0.000000104. The van der Waals surface area contributed by atoms with Gasteiger partial charge in [0.25, 0.3) is 0 Å². The molecule has 0 saturated heterocycles. The highest BCUT2D eigenvalue weighted by atomic mass is 16.3. The number of aromatic nitrogens is 7. The number of para-hydroxylation sites is 7. The van der Waals surface area contributed by atoms with Crippen molar-refractivity contribution in [3.63, 3.8) is 0 Å². The quantitative estimate of drug-likeness (QED) is 0.136. The number of hydrogen-bond donors (Lipinski definition) is 0. The summed E-state index contributed by atoms with van der Waals surface area (Å²) in [6.07, 6.45) is 3.68. The molecule has 0 N–H and O–H groups in total. The van der Waals surface area contributed by atoms with Gasteiger partial charge in [0.15, 0.2) is 0 Å². The molecule has 10 heterocycles. The van der Waals surface area contributed by atoms with E-state index in [-0.39, 0.29) is 0 Å². The fourth-order valence-electron chi connectivity index (χ4n) is 19.3. The lowest BCUT2D eigenvalue weighted by Gasteiger charge is -2.16. The van der Waals surface area contributed by atoms with Gasteiger partial charge in [-0.15, -0.1) is 0 Å². The van der Waals surface area contributed by atoms with Gasteiger partial charge < -0.3 is 13.3 Å². The standard InChI is InChI=1S/C42H26N2O.C38H22N2O.C37H21N3O/c1-2-12-27(13-3-1)28-24-29(26-30(25-28)37-18-10-11-23-43-37)31-21-22-34(33-15-5-4-14-32(31)33)42-40-35-16-6-8-19-38(35)44-41(40)36-17-7-9-20-39(36)45-42;1-2-12-24-23(11-1)28(36-27-15-4-3-13-25(27)26-14-5-8-18-32(26)39-36)21-22-29(24)38-35-30-16-6-9-19-33(30)40-37(35)31-17-7-10-20-34(31)41-38;1-2-10-25-24(9-1)26(31-20-17-23-16-15-22-8-7-21-38-34(22)35(23)39-31)18-19-27(25)37-33-28-11-3-5-13-30(28)40-36(33)29-12-4-6-14-32(29)41-37/h1-26H;1-22H;1-21H. The Labute approximate surface area is 727 Å². The molecule has 0 radical (unpaired) electrons. The summed E-state index contributed by atoms with van der Waals surface area (Å²) >= 11 is 0. The van der Waals surface area contributed by atoms with Crippen LogP contribution < -0.4 is 0 Å². The Morgan fingerprint density at radius 2 is 0.528 bits per heavy atom. The van der Waals surface area contributed by atoms with Crippen LogP contribution in [-0.4, -0.2) is 34.9 Å². The summed E-state index contributed by atoms with van der Waals surface area (Å²) in [6.45, 7) is 0. The van der Waals surface area contributed by atoms with Crippen molar-refractivity contribution >= 4 is 141 Å². The van der Waals surface area contributed by atoms with Gasteiger partial charge in [-0.25, -0.2) is 24.9 Å². The van der Waals surface area contributed by atoms with Gasteiger partial charge in [0.05, 0.1) is 84.0 Å². The largest absolute Gasteiger partial charge is 0.455 e. The number of rotatable bonds is 8. The SMILES string of the molecule is c1ccc(-c2cc(-c3ccccn3)cc(-c3ccc(-c4oc5ccccc5c5nc6ccccc6c4-5)c4ccccc34)c2)cc1.c1ccc2c3c(-c4ccc(-c5nc6ccccc6c6ccccc56)c5ccccc45)oc4ccccc4c-3nc2c1.c1cnc2c(c1)ccc1ccc(-c3ccc(-c4oc5ccccc5c5nc6ccccc6c4-5)c4ccccc34)nc12. The van der Waals surface area contributed by atoms with Crippen LogP contribution in [0.25, 0.3) is 265 Å². The van der Waals surface area contributed by atoms with E-state index in [1.807, 2.05) is 103 Å². The summed E-state index contributed by atoms with van der Waals surface area (Å²) in [6, 6.07) is 141. The first-order valence-electron chi connectivity index (χ1n) is 42.7. The van der Waals surface area contributed by atoms with Gasteiger partial charge in [-0.3, -0.25) is 9.97 Å². The second-order valence-corrected chi connectivity index (χ2v) is 32.3. The van der Waals surface area contributed by atoms with E-state index in [1.54, 1.807) is 0 Å². The van der Waals surface area contributed by atoms with E-state index in [4.69, 9.17) is 38.2 Å². The predicted octanol–water partition coefficient (Wildman–Crippen LogP) is 31.2. The van der Waals surface area contributed by atoms with Crippen molar-refractivity contribution in [2.24, 2.45) is 0 Å². The van der Waals surface area contributed by atoms with Crippen LogP contribution in [0.4, 0.5) is 0 Å². The summed E-state index contributed by atoms with van der Waals surface area (Å²) in [4.78, 5) is 34.9. The summed E-state index contributed by atoms with van der Waals surface area (Å²) in [5, 5.41) is 18.8. The molecular weight excluding hydrogens is 1550 g/mol. The first-order chi connectivity index (χ1) is 63.0. The van der Waals surface area contributed by atoms with Crippen LogP contribution in [-0.2, 0) is 0 Å². The molecule has 4 aromatic heterocycles. The van der Waals surface area contributed by atoms with Crippen molar-refractivity contribution in [1.29, 1.82) is 0 Å². The van der Waals surface area contributed by atoms with Crippen molar-refractivity contribution in [1.82, 2.24) is 34.9 Å². The molecule has 6 aliphatic rings. The molecule has 0 aliphatic carbocycles. The number of benzene rings is 17. The zero-order chi connectivity index (χ0) is 83.6. The highest BCUT2D eigenvalue weighted by molar-refractivity contribution is 6.20. The molecule has 0 unspecified atom stereocenters. The summed E-state index contributed by atoms with van der Waals surface area (Å²) in [7, 11) is 0. The normalized spacial score (nSPS) is 11.8. The molecule has 0 bridgehead atoms. The van der Waals surface area contributed by atoms with Gasteiger partial charge in [0.2, 0.25) is 0 Å². The van der Waals surface area contributed by atoms with Crippen LogP contribution in [0.15, 0.2) is 432 Å². The summed E-state index contributed by atoms with van der Waals surface area (Å²) < 4.78 is 20.3. The first-order valence-corrected chi connectivity index (χ1v) is 42.7. The van der Waals surface area contributed by atoms with Crippen LogP contribution in [0.1, 0.15) is 0 Å². The highest BCUT2D eigenvalue weighted by Crippen LogP contribution is 2.52. The molecule has 0 fully saturated rings. The minimum absolute atomic E-state index is 0.821. The Hall–Kier alpha value is -17.2. The van der Waals surface area contributed by atoms with Crippen molar-refractivity contribution in [3.8, 4) is 124 Å². The molecule has 0 saturated carbocycles. The lowest BCUT2D eigenvalue weighted by molar-refractivity contribution is 0.622. The van der Waals surface area contributed by atoms with E-state index in [2.05, 4.69) is 325 Å². The van der Waals surface area contributed by atoms with Gasteiger partial charge in [0, 0.05) is 99.6 Å². The zero-order valence-corrected chi connectivity index (χ0v) is 68.2. The minimum Gasteiger partial charge on any atom is -0.455 e. The maximum absolute atomic E-state index is 6.79. The van der Waals surface area contributed by atoms with Gasteiger partial charge in [-0.2, -0.15) is 0 Å². The first kappa shape index (κ1) is 72.6. The third-order valence-electron chi connectivity index (χ3n) is 25.1. The van der Waals surface area contributed by atoms with Crippen LogP contribution >= 0.6 is 0 Å². The van der Waals surface area contributed by atoms with E-state index >= 15 is 0 Å². The van der Waals surface area contributed by atoms with E-state index in [0.717, 1.165) is 249 Å². The maximum atomic E-state index is 6.79. The Kier molecular flexibility index (Phi) is 17.1. The number of hydrogen-bond acceptors (Lipinski definition) is 10. The lowest BCUT2D eigenvalue weighted by Crippen LogP contribution is -1.93. The van der Waals surface area contributed by atoms with Crippen molar-refractivity contribution in [3.05, 3.63) is 419 Å². The molecular formula is C117H69N7O3. The molecule has 10 heteroatoms. The average Bonchev–Trinajstić information content (AvgIpc) is 1.66. The van der Waals surface area contributed by atoms with Crippen molar-refractivity contribution < 1.29 is 13.3 Å². The predicted molar refractivity (Wildman–Crippen MR) is 522 cm³/mol. The third-order valence-corrected chi connectivity index (χ3v) is 25.1. The molecule has 17 aromatic carbocycles. The average molecular weight is 1620 g/mol. The van der Waals surface area contributed by atoms with Crippen molar-refractivity contribution in [2.75, 3.05) is 0 Å². The fraction of sp³-hybridized carbons (Fsp3) is 0. The number of nitrogens with zero attached hydrogens (tertiary/aromatic N) is 7. The molecule has 0 spiro atoms. The smallest absolute Gasteiger partial charge is 0.145 e. The second kappa shape index (κ2) is 29.8. The van der Waals surface area contributed by atoms with Crippen LogP contribution in [0.5, 0.6) is 0 Å². The van der Waals surface area contributed by atoms with E-state index in [0.29, 0.717) is 0 Å². The third kappa shape index (κ3) is 12.1. The van der Waals surface area contributed by atoms with Gasteiger partial charge in [-0.1, -0.05) is 285 Å². The number of fused-ring (bicyclic) bond motifs is 24. The Morgan fingerprint density at radius 1 is 0.173 bits per heavy atom. The molecule has 0 atom stereocenters. The fourth-order valence-corrected chi connectivity index (χ4v) is 19.3. The molecule has 10 nitrogen and oxygen atoms in total. The molecule has 0 amide bonds. The second-order valence-electron chi connectivity index (χ2n) is 32.3. The molecule has 21 aromatic rings. The highest BCUT2D eigenvalue weighted by Gasteiger charge is 2.30. The lowest BCUT2D eigenvalue weighted by atomic mass is 9.89. The number of pyridine rings is 4.